The van der Waals surface area contributed by atoms with Crippen molar-refractivity contribution in [3.63, 3.8) is 0 Å². The van der Waals surface area contributed by atoms with E-state index in [0.29, 0.717) is 5.65 Å². The van der Waals surface area contributed by atoms with Crippen molar-refractivity contribution in [3.05, 3.63) is 41.1 Å². The van der Waals surface area contributed by atoms with Gasteiger partial charge in [-0.2, -0.15) is 4.98 Å². The lowest BCUT2D eigenvalue weighted by atomic mass is 10.4. The van der Waals surface area contributed by atoms with Gasteiger partial charge < -0.3 is 0 Å². The normalized spacial score (nSPS) is 10.0. The Morgan fingerprint density at radius 1 is 1.25 bits per heavy atom. The Kier molecular flexibility index (Phi) is 1.51. The summed E-state index contributed by atoms with van der Waals surface area (Å²) in [5, 5.41) is 0.764. The van der Waals surface area contributed by atoms with Gasteiger partial charge in [0.2, 0.25) is 0 Å². The largest absolute Gasteiger partial charge is 0.290 e. The molecule has 12 heavy (non-hydrogen) atoms. The number of nitrogens with zero attached hydrogens (tertiary/aromatic N) is 3. The molecule has 0 aliphatic rings. The maximum atomic E-state index is 10.9. The molecule has 2 aromatic rings. The highest BCUT2D eigenvalue weighted by Gasteiger charge is 1.91. The van der Waals surface area contributed by atoms with Gasteiger partial charge >= 0.3 is 0 Å². The summed E-state index contributed by atoms with van der Waals surface area (Å²) in [6, 6.07) is 3.58. The van der Waals surface area contributed by atoms with Crippen LogP contribution in [-0.4, -0.2) is 15.0 Å². The average molecular weight is 159 g/mol. The van der Waals surface area contributed by atoms with Gasteiger partial charge in [0.05, 0.1) is 6.20 Å². The van der Waals surface area contributed by atoms with E-state index in [1.165, 1.54) is 6.20 Å². The van der Waals surface area contributed by atoms with Crippen molar-refractivity contribution in [2.45, 2.75) is 0 Å². The van der Waals surface area contributed by atoms with Gasteiger partial charge in [-0.3, -0.25) is 9.78 Å². The third-order valence-corrected chi connectivity index (χ3v) is 1.43. The van der Waals surface area contributed by atoms with Crippen LogP contribution in [0.5, 0.6) is 0 Å². The summed E-state index contributed by atoms with van der Waals surface area (Å²) in [5.41, 5.74) is 0.0590. The lowest BCUT2D eigenvalue weighted by Crippen LogP contribution is -1.99. The summed E-state index contributed by atoms with van der Waals surface area (Å²) in [4.78, 5) is 22.3. The predicted octanol–water partition coefficient (Wildman–Crippen LogP) is 0.385. The molecule has 2 heterocycles. The maximum absolute atomic E-state index is 10.9. The maximum Gasteiger partial charge on any atom is 0.290 e. The summed E-state index contributed by atoms with van der Waals surface area (Å²) in [7, 11) is 0. The molecule has 0 amide bonds. The van der Waals surface area contributed by atoms with Crippen molar-refractivity contribution in [1.82, 2.24) is 15.0 Å². The van der Waals surface area contributed by atoms with E-state index in [9.17, 15) is 4.79 Å². The van der Waals surface area contributed by atoms with E-state index in [1.54, 1.807) is 18.5 Å². The molecule has 0 saturated carbocycles. The van der Waals surface area contributed by atoms with Crippen LogP contribution >= 0.6 is 0 Å². The number of fused-ring (bicyclic) bond motifs is 1. The van der Waals surface area contributed by atoms with Crippen LogP contribution in [0, 0.1) is 0 Å². The van der Waals surface area contributed by atoms with Crippen LogP contribution in [0.4, 0.5) is 0 Å². The van der Waals surface area contributed by atoms with Crippen LogP contribution in [0.1, 0.15) is 0 Å². The molecule has 0 saturated heterocycles. The highest BCUT2D eigenvalue weighted by Crippen LogP contribution is 2.01. The molecular weight excluding hydrogens is 154 g/mol. The zero-order valence-corrected chi connectivity index (χ0v) is 6.14. The number of pyridine rings is 1. The van der Waals surface area contributed by atoms with Crippen LogP contribution in [0.15, 0.2) is 35.5 Å². The monoisotopic (exact) mass is 159 g/mol. The third kappa shape index (κ3) is 1.14. The van der Waals surface area contributed by atoms with E-state index < -0.39 is 0 Å². The molecule has 2 rings (SSSR count). The molecule has 0 radical (unpaired) electrons. The summed E-state index contributed by atoms with van der Waals surface area (Å²) in [6.45, 7) is 0. The SMILES string of the molecule is O=c1cncc2cccnc2n1. The Morgan fingerprint density at radius 2 is 2.17 bits per heavy atom. The molecule has 2 aromatic heterocycles. The quantitative estimate of drug-likeness (QED) is 0.557. The topological polar surface area (TPSA) is 55.7 Å². The predicted molar refractivity (Wildman–Crippen MR) is 43.6 cm³/mol. The first kappa shape index (κ1) is 6.84. The molecule has 0 bridgehead atoms. The van der Waals surface area contributed by atoms with Crippen LogP contribution in [0.25, 0.3) is 11.0 Å². The zero-order valence-electron chi connectivity index (χ0n) is 6.14. The van der Waals surface area contributed by atoms with E-state index in [4.69, 9.17) is 0 Å². The Balaban J connectivity index is 2.98. The van der Waals surface area contributed by atoms with Gasteiger partial charge in [-0.05, 0) is 12.1 Å². The van der Waals surface area contributed by atoms with Gasteiger partial charge in [-0.1, -0.05) is 0 Å². The summed E-state index contributed by atoms with van der Waals surface area (Å²) in [6.07, 6.45) is 4.33. The van der Waals surface area contributed by atoms with Gasteiger partial charge in [0.15, 0.2) is 5.65 Å². The van der Waals surface area contributed by atoms with Crippen molar-refractivity contribution >= 4 is 11.0 Å². The first-order valence-corrected chi connectivity index (χ1v) is 3.43. The van der Waals surface area contributed by atoms with Crippen LogP contribution in [0.3, 0.4) is 0 Å². The Morgan fingerprint density at radius 3 is 3.08 bits per heavy atom. The smallest absolute Gasteiger partial charge is 0.266 e. The summed E-state index contributed by atoms with van der Waals surface area (Å²) >= 11 is 0. The van der Waals surface area contributed by atoms with Crippen LogP contribution < -0.4 is 5.56 Å². The number of hydrogen-bond acceptors (Lipinski definition) is 4. The minimum Gasteiger partial charge on any atom is -0.266 e. The highest BCUT2D eigenvalue weighted by atomic mass is 16.1. The van der Waals surface area contributed by atoms with Gasteiger partial charge in [0, 0.05) is 17.8 Å². The second-order valence-corrected chi connectivity index (χ2v) is 2.27. The number of aromatic nitrogens is 3. The molecule has 0 atom stereocenters. The minimum absolute atomic E-state index is 0.372. The van der Waals surface area contributed by atoms with Gasteiger partial charge in [0.25, 0.3) is 5.56 Å². The lowest BCUT2D eigenvalue weighted by Gasteiger charge is -1.84. The van der Waals surface area contributed by atoms with Crippen LogP contribution in [0.2, 0.25) is 0 Å². The molecule has 58 valence electrons. The molecule has 0 spiro atoms. The van der Waals surface area contributed by atoms with E-state index in [0.717, 1.165) is 5.39 Å². The van der Waals surface area contributed by atoms with Crippen molar-refractivity contribution in [2.75, 3.05) is 0 Å². The highest BCUT2D eigenvalue weighted by molar-refractivity contribution is 5.71. The van der Waals surface area contributed by atoms with Crippen molar-refractivity contribution < 1.29 is 0 Å². The number of hydrogen-bond donors (Lipinski definition) is 0. The van der Waals surface area contributed by atoms with Crippen molar-refractivity contribution in [1.29, 1.82) is 0 Å². The molecular formula is C8H5N3O. The molecule has 0 aromatic carbocycles. The van der Waals surface area contributed by atoms with Gasteiger partial charge in [-0.25, -0.2) is 4.98 Å². The first-order chi connectivity index (χ1) is 5.86. The van der Waals surface area contributed by atoms with E-state index in [2.05, 4.69) is 15.0 Å². The number of rotatable bonds is 0. The average Bonchev–Trinajstić information content (AvgIpc) is 2.25. The first-order valence-electron chi connectivity index (χ1n) is 3.43. The second-order valence-electron chi connectivity index (χ2n) is 2.27. The standard InChI is InChI=1S/C8H5N3O/c12-7-5-9-4-6-2-1-3-10-8(6)11-7/h1-5H. The fourth-order valence-electron chi connectivity index (χ4n) is 0.918. The van der Waals surface area contributed by atoms with E-state index >= 15 is 0 Å². The van der Waals surface area contributed by atoms with E-state index in [1.807, 2.05) is 6.07 Å². The van der Waals surface area contributed by atoms with Gasteiger partial charge in [-0.15, -0.1) is 0 Å². The molecule has 0 N–H and O–H groups in total. The molecule has 0 fully saturated rings. The lowest BCUT2D eigenvalue weighted by molar-refractivity contribution is 1.23. The summed E-state index contributed by atoms with van der Waals surface area (Å²) < 4.78 is 0. The van der Waals surface area contributed by atoms with E-state index in [-0.39, 0.29) is 5.56 Å². The van der Waals surface area contributed by atoms with Crippen LogP contribution in [-0.2, 0) is 0 Å². The van der Waals surface area contributed by atoms with Crippen molar-refractivity contribution in [2.24, 2.45) is 0 Å². The zero-order chi connectivity index (χ0) is 8.39. The minimum atomic E-state index is -0.372. The Hall–Kier alpha value is -1.84. The Bertz CT molecular complexity index is 469. The van der Waals surface area contributed by atoms with Gasteiger partial charge in [0.1, 0.15) is 0 Å². The van der Waals surface area contributed by atoms with Crippen molar-refractivity contribution in [3.8, 4) is 0 Å². The molecule has 4 heteroatoms. The molecule has 0 unspecified atom stereocenters. The molecule has 4 nitrogen and oxygen atoms in total. The fraction of sp³-hybridized carbons (Fsp3) is 0. The Labute approximate surface area is 67.9 Å². The fourth-order valence-corrected chi connectivity index (χ4v) is 0.918. The molecule has 0 aliphatic heterocycles. The second kappa shape index (κ2) is 2.65. The third-order valence-electron chi connectivity index (χ3n) is 1.43. The summed E-state index contributed by atoms with van der Waals surface area (Å²) in [5.74, 6) is 0. The molecule has 0 aliphatic carbocycles.